The minimum atomic E-state index is -3.20. The second kappa shape index (κ2) is 6.80. The number of aryl methyl sites for hydroxylation is 1. The third-order valence-electron chi connectivity index (χ3n) is 3.61. The SMILES string of the molecule is COC(=O)c1oc(CN2CCC[C@H](NS(C)(=O)=O)C2)cc1C. The lowest BCUT2D eigenvalue weighted by atomic mass is 10.1. The van der Waals surface area contributed by atoms with Gasteiger partial charge in [-0.05, 0) is 32.4 Å². The third kappa shape index (κ3) is 4.56. The number of nitrogens with one attached hydrogen (secondary N) is 1. The van der Waals surface area contributed by atoms with E-state index in [9.17, 15) is 13.2 Å². The van der Waals surface area contributed by atoms with Crippen molar-refractivity contribution in [2.24, 2.45) is 0 Å². The highest BCUT2D eigenvalue weighted by Gasteiger charge is 2.24. The Balaban J connectivity index is 2.00. The van der Waals surface area contributed by atoms with E-state index in [0.717, 1.165) is 24.9 Å². The molecule has 0 radical (unpaired) electrons. The van der Waals surface area contributed by atoms with Crippen LogP contribution in [0.5, 0.6) is 0 Å². The van der Waals surface area contributed by atoms with Gasteiger partial charge in [0.25, 0.3) is 0 Å². The van der Waals surface area contributed by atoms with Gasteiger partial charge >= 0.3 is 5.97 Å². The standard InChI is InChI=1S/C14H22N2O5S/c1-10-7-12(21-13(10)14(17)20-2)9-16-6-4-5-11(8-16)15-22(3,18)19/h7,11,15H,4-6,8-9H2,1-3H3/t11-/m0/s1. The Morgan fingerprint density at radius 2 is 2.27 bits per heavy atom. The molecular formula is C14H22N2O5S. The first-order chi connectivity index (χ1) is 10.3. The maximum absolute atomic E-state index is 11.5. The predicted octanol–water partition coefficient (Wildman–Crippen LogP) is 0.888. The van der Waals surface area contributed by atoms with Gasteiger partial charge in [0, 0.05) is 18.2 Å². The monoisotopic (exact) mass is 330 g/mol. The van der Waals surface area contributed by atoms with Crippen molar-refractivity contribution in [1.29, 1.82) is 0 Å². The van der Waals surface area contributed by atoms with E-state index in [-0.39, 0.29) is 11.8 Å². The van der Waals surface area contributed by atoms with Gasteiger partial charge in [0.05, 0.1) is 19.9 Å². The number of likely N-dealkylation sites (tertiary alicyclic amines) is 1. The highest BCUT2D eigenvalue weighted by atomic mass is 32.2. The summed E-state index contributed by atoms with van der Waals surface area (Å²) in [6.45, 7) is 3.83. The van der Waals surface area contributed by atoms with Crippen molar-refractivity contribution in [1.82, 2.24) is 9.62 Å². The van der Waals surface area contributed by atoms with Crippen LogP contribution in [0.2, 0.25) is 0 Å². The maximum atomic E-state index is 11.5. The van der Waals surface area contributed by atoms with Gasteiger partial charge in [-0.3, -0.25) is 4.90 Å². The number of esters is 1. The summed E-state index contributed by atoms with van der Waals surface area (Å²) in [5.74, 6) is 0.414. The van der Waals surface area contributed by atoms with E-state index < -0.39 is 16.0 Å². The Morgan fingerprint density at radius 1 is 1.55 bits per heavy atom. The van der Waals surface area contributed by atoms with Crippen LogP contribution >= 0.6 is 0 Å². The van der Waals surface area contributed by atoms with Crippen molar-refractivity contribution in [3.05, 3.63) is 23.2 Å². The topological polar surface area (TPSA) is 88.8 Å². The van der Waals surface area contributed by atoms with E-state index in [2.05, 4.69) is 14.4 Å². The molecule has 0 saturated carbocycles. The van der Waals surface area contributed by atoms with Crippen molar-refractivity contribution >= 4 is 16.0 Å². The Kier molecular flexibility index (Phi) is 5.25. The van der Waals surface area contributed by atoms with E-state index in [4.69, 9.17) is 4.42 Å². The van der Waals surface area contributed by atoms with Gasteiger partial charge in [-0.2, -0.15) is 0 Å². The van der Waals surface area contributed by atoms with Gasteiger partial charge in [0.1, 0.15) is 5.76 Å². The fourth-order valence-corrected chi connectivity index (χ4v) is 3.54. The summed E-state index contributed by atoms with van der Waals surface area (Å²) in [6.07, 6.45) is 2.91. The van der Waals surface area contributed by atoms with Crippen LogP contribution in [0.15, 0.2) is 10.5 Å². The molecule has 8 heteroatoms. The summed E-state index contributed by atoms with van der Waals surface area (Å²) in [6, 6.07) is 1.74. The molecule has 1 saturated heterocycles. The molecule has 0 amide bonds. The maximum Gasteiger partial charge on any atom is 0.374 e. The van der Waals surface area contributed by atoms with Gasteiger partial charge in [-0.25, -0.2) is 17.9 Å². The first kappa shape index (κ1) is 17.0. The average molecular weight is 330 g/mol. The van der Waals surface area contributed by atoms with Crippen LogP contribution < -0.4 is 4.72 Å². The van der Waals surface area contributed by atoms with Crippen LogP contribution in [0.3, 0.4) is 0 Å². The summed E-state index contributed by atoms with van der Waals surface area (Å²) in [7, 11) is -1.88. The smallest absolute Gasteiger partial charge is 0.374 e. The van der Waals surface area contributed by atoms with Crippen molar-refractivity contribution in [3.8, 4) is 0 Å². The fraction of sp³-hybridized carbons (Fsp3) is 0.643. The van der Waals surface area contributed by atoms with Crippen LogP contribution in [0.1, 0.15) is 34.7 Å². The normalized spacial score (nSPS) is 20.0. The number of piperidine rings is 1. The summed E-state index contributed by atoms with van der Waals surface area (Å²) in [4.78, 5) is 13.7. The molecule has 2 heterocycles. The molecule has 1 aliphatic heterocycles. The number of carbonyl (C=O) groups excluding carboxylic acids is 1. The number of carbonyl (C=O) groups is 1. The number of ether oxygens (including phenoxy) is 1. The number of rotatable bonds is 5. The molecule has 22 heavy (non-hydrogen) atoms. The average Bonchev–Trinajstić information content (AvgIpc) is 2.77. The molecule has 0 unspecified atom stereocenters. The molecule has 0 bridgehead atoms. The zero-order valence-corrected chi connectivity index (χ0v) is 13.9. The first-order valence-electron chi connectivity index (χ1n) is 7.16. The van der Waals surface area contributed by atoms with Crippen LogP contribution in [-0.2, 0) is 21.3 Å². The molecule has 0 spiro atoms. The quantitative estimate of drug-likeness (QED) is 0.807. The number of hydrogen-bond donors (Lipinski definition) is 1. The van der Waals surface area contributed by atoms with E-state index in [1.165, 1.54) is 13.4 Å². The summed E-state index contributed by atoms with van der Waals surface area (Å²) >= 11 is 0. The zero-order valence-electron chi connectivity index (χ0n) is 13.1. The molecule has 1 aromatic rings. The second-order valence-corrected chi connectivity index (χ2v) is 7.46. The number of hydrogen-bond acceptors (Lipinski definition) is 6. The minimum absolute atomic E-state index is 0.0834. The number of methoxy groups -OCH3 is 1. The molecule has 1 atom stereocenters. The summed E-state index contributed by atoms with van der Waals surface area (Å²) < 4.78 is 35.5. The van der Waals surface area contributed by atoms with Crippen molar-refractivity contribution in [3.63, 3.8) is 0 Å². The molecule has 2 rings (SSSR count). The Morgan fingerprint density at radius 3 is 2.91 bits per heavy atom. The van der Waals surface area contributed by atoms with E-state index >= 15 is 0 Å². The zero-order chi connectivity index (χ0) is 16.3. The molecule has 1 fully saturated rings. The van der Waals surface area contributed by atoms with E-state index in [0.29, 0.717) is 18.8 Å². The van der Waals surface area contributed by atoms with Crippen LogP contribution in [0, 0.1) is 6.92 Å². The highest BCUT2D eigenvalue weighted by Crippen LogP contribution is 2.19. The summed E-state index contributed by atoms with van der Waals surface area (Å²) in [5.41, 5.74) is 0.740. The minimum Gasteiger partial charge on any atom is -0.463 e. The number of sulfonamides is 1. The lowest BCUT2D eigenvalue weighted by molar-refractivity contribution is 0.0559. The number of furan rings is 1. The summed E-state index contributed by atoms with van der Waals surface area (Å²) in [5, 5.41) is 0. The second-order valence-electron chi connectivity index (χ2n) is 5.68. The van der Waals surface area contributed by atoms with Gasteiger partial charge in [0.2, 0.25) is 15.8 Å². The van der Waals surface area contributed by atoms with E-state index in [1.54, 1.807) is 6.92 Å². The first-order valence-corrected chi connectivity index (χ1v) is 9.05. The molecule has 0 aliphatic carbocycles. The van der Waals surface area contributed by atoms with Gasteiger partial charge in [0.15, 0.2) is 0 Å². The molecule has 7 nitrogen and oxygen atoms in total. The molecule has 1 N–H and O–H groups in total. The lowest BCUT2D eigenvalue weighted by Crippen LogP contribution is -2.46. The highest BCUT2D eigenvalue weighted by molar-refractivity contribution is 7.88. The molecule has 0 aromatic carbocycles. The van der Waals surface area contributed by atoms with Gasteiger partial charge < -0.3 is 9.15 Å². The molecular weight excluding hydrogens is 308 g/mol. The van der Waals surface area contributed by atoms with Crippen LogP contribution in [0.25, 0.3) is 0 Å². The molecule has 1 aromatic heterocycles. The lowest BCUT2D eigenvalue weighted by Gasteiger charge is -2.32. The van der Waals surface area contributed by atoms with Gasteiger partial charge in [-0.1, -0.05) is 0 Å². The fourth-order valence-electron chi connectivity index (χ4n) is 2.74. The number of nitrogens with zero attached hydrogens (tertiary/aromatic N) is 1. The van der Waals surface area contributed by atoms with E-state index in [1.807, 2.05) is 6.07 Å². The van der Waals surface area contributed by atoms with Crippen molar-refractivity contribution in [2.75, 3.05) is 26.5 Å². The third-order valence-corrected chi connectivity index (χ3v) is 4.37. The largest absolute Gasteiger partial charge is 0.463 e. The van der Waals surface area contributed by atoms with Gasteiger partial charge in [-0.15, -0.1) is 0 Å². The van der Waals surface area contributed by atoms with Crippen molar-refractivity contribution < 1.29 is 22.4 Å². The molecule has 124 valence electrons. The Hall–Kier alpha value is -1.38. The molecule has 1 aliphatic rings. The van der Waals surface area contributed by atoms with Crippen LogP contribution in [0.4, 0.5) is 0 Å². The van der Waals surface area contributed by atoms with Crippen molar-refractivity contribution in [2.45, 2.75) is 32.4 Å². The Labute approximate surface area is 130 Å². The Bertz CT molecular complexity index is 638. The predicted molar refractivity (Wildman–Crippen MR) is 81.1 cm³/mol. The van der Waals surface area contributed by atoms with Crippen LogP contribution in [-0.4, -0.2) is 51.8 Å².